The summed E-state index contributed by atoms with van der Waals surface area (Å²) in [6.45, 7) is 4.57. The van der Waals surface area contributed by atoms with Gasteiger partial charge in [-0.25, -0.2) is 9.98 Å². The zero-order valence-electron chi connectivity index (χ0n) is 20.5. The summed E-state index contributed by atoms with van der Waals surface area (Å²) >= 11 is 1.73. The number of aryl methyl sites for hydroxylation is 1. The third-order valence-corrected chi connectivity index (χ3v) is 6.14. The van der Waals surface area contributed by atoms with Crippen molar-refractivity contribution in [2.75, 3.05) is 30.5 Å². The SMILES string of the molecule is CCOC(=O)Cc1c(Nc2ccc(OCCSC)cc2C)oc(C=C2C=Nc3ncccc3C2)c1O. The van der Waals surface area contributed by atoms with Gasteiger partial charge in [0.25, 0.3) is 0 Å². The predicted molar refractivity (Wildman–Crippen MR) is 143 cm³/mol. The first kappa shape index (κ1) is 25.4. The number of hydrogen-bond acceptors (Lipinski definition) is 9. The van der Waals surface area contributed by atoms with Crippen LogP contribution in [0.2, 0.25) is 0 Å². The summed E-state index contributed by atoms with van der Waals surface area (Å²) < 4.78 is 16.9. The van der Waals surface area contributed by atoms with E-state index < -0.39 is 5.97 Å². The lowest BCUT2D eigenvalue weighted by molar-refractivity contribution is -0.142. The average molecular weight is 508 g/mol. The van der Waals surface area contributed by atoms with E-state index in [4.69, 9.17) is 13.9 Å². The van der Waals surface area contributed by atoms with Gasteiger partial charge in [0.1, 0.15) is 5.75 Å². The minimum atomic E-state index is -0.454. The highest BCUT2D eigenvalue weighted by molar-refractivity contribution is 7.98. The maximum Gasteiger partial charge on any atom is 0.310 e. The molecule has 8 nitrogen and oxygen atoms in total. The van der Waals surface area contributed by atoms with E-state index in [2.05, 4.69) is 15.3 Å². The summed E-state index contributed by atoms with van der Waals surface area (Å²) in [5.74, 6) is 2.31. The van der Waals surface area contributed by atoms with E-state index in [0.717, 1.165) is 33.9 Å². The fourth-order valence-electron chi connectivity index (χ4n) is 3.78. The highest BCUT2D eigenvalue weighted by atomic mass is 32.2. The number of carbonyl (C=O) groups is 1. The normalized spacial score (nSPS) is 13.5. The third kappa shape index (κ3) is 6.09. The second kappa shape index (κ2) is 11.8. The molecule has 1 aromatic carbocycles. The van der Waals surface area contributed by atoms with Crippen molar-refractivity contribution in [3.05, 3.63) is 64.6 Å². The van der Waals surface area contributed by atoms with Gasteiger partial charge in [-0.15, -0.1) is 0 Å². The lowest BCUT2D eigenvalue weighted by Crippen LogP contribution is -2.08. The number of rotatable bonds is 10. The zero-order chi connectivity index (χ0) is 25.5. The molecule has 2 N–H and O–H groups in total. The van der Waals surface area contributed by atoms with Crippen LogP contribution in [0.4, 0.5) is 17.4 Å². The molecule has 0 fully saturated rings. The first-order valence-corrected chi connectivity index (χ1v) is 13.1. The van der Waals surface area contributed by atoms with Crippen molar-refractivity contribution in [3.8, 4) is 11.5 Å². The third-order valence-electron chi connectivity index (χ3n) is 5.57. The minimum absolute atomic E-state index is 0.113. The number of fused-ring (bicyclic) bond motifs is 1. The minimum Gasteiger partial charge on any atom is -0.504 e. The summed E-state index contributed by atoms with van der Waals surface area (Å²) in [6.07, 6.45) is 7.63. The van der Waals surface area contributed by atoms with Crippen LogP contribution in [0, 0.1) is 6.92 Å². The molecule has 9 heteroatoms. The number of anilines is 2. The lowest BCUT2D eigenvalue weighted by atomic mass is 10.0. The molecule has 2 aromatic heterocycles. The number of aromatic nitrogens is 1. The van der Waals surface area contributed by atoms with Gasteiger partial charge in [0.15, 0.2) is 17.3 Å². The molecule has 1 aliphatic heterocycles. The molecule has 0 saturated carbocycles. The Morgan fingerprint density at radius 1 is 1.33 bits per heavy atom. The molecule has 0 amide bonds. The van der Waals surface area contributed by atoms with E-state index in [-0.39, 0.29) is 30.4 Å². The Morgan fingerprint density at radius 3 is 2.97 bits per heavy atom. The Labute approximate surface area is 214 Å². The predicted octanol–water partition coefficient (Wildman–Crippen LogP) is 5.62. The molecule has 0 bridgehead atoms. The molecular formula is C27H29N3O5S. The van der Waals surface area contributed by atoms with Gasteiger partial charge in [0.05, 0.1) is 25.2 Å². The van der Waals surface area contributed by atoms with Gasteiger partial charge in [0.2, 0.25) is 5.88 Å². The van der Waals surface area contributed by atoms with Crippen molar-refractivity contribution in [2.45, 2.75) is 26.7 Å². The monoisotopic (exact) mass is 507 g/mol. The number of thioether (sulfide) groups is 1. The largest absolute Gasteiger partial charge is 0.504 e. The highest BCUT2D eigenvalue weighted by Gasteiger charge is 2.23. The summed E-state index contributed by atoms with van der Waals surface area (Å²) in [5, 5.41) is 14.2. The van der Waals surface area contributed by atoms with Crippen LogP contribution < -0.4 is 10.1 Å². The summed E-state index contributed by atoms with van der Waals surface area (Å²) in [5.41, 5.74) is 3.85. The molecular weight excluding hydrogens is 478 g/mol. The van der Waals surface area contributed by atoms with Gasteiger partial charge < -0.3 is 24.3 Å². The molecule has 0 unspecified atom stereocenters. The van der Waals surface area contributed by atoms with E-state index in [1.807, 2.05) is 43.5 Å². The standard InChI is InChI=1S/C27H29N3O5S/c1-4-33-24(31)15-21-25(32)23(14-18-13-19-6-5-9-28-26(19)29-16-18)35-27(21)30-22-8-7-20(12-17(22)2)34-10-11-36-3/h5-9,12,14,16,30,32H,4,10-11,13,15H2,1-3H3. The zero-order valence-corrected chi connectivity index (χ0v) is 21.4. The number of ether oxygens (including phenoxy) is 2. The quantitative estimate of drug-likeness (QED) is 0.269. The van der Waals surface area contributed by atoms with Crippen LogP contribution in [0.3, 0.4) is 0 Å². The van der Waals surface area contributed by atoms with Crippen molar-refractivity contribution in [2.24, 2.45) is 4.99 Å². The molecule has 36 heavy (non-hydrogen) atoms. The smallest absolute Gasteiger partial charge is 0.310 e. The van der Waals surface area contributed by atoms with Crippen molar-refractivity contribution in [1.29, 1.82) is 0 Å². The number of hydrogen-bond donors (Lipinski definition) is 2. The number of esters is 1. The van der Waals surface area contributed by atoms with Gasteiger partial charge in [-0.3, -0.25) is 4.79 Å². The topological polar surface area (TPSA) is 106 Å². The number of pyridine rings is 1. The maximum absolute atomic E-state index is 12.3. The number of nitrogens with one attached hydrogen (secondary N) is 1. The van der Waals surface area contributed by atoms with Gasteiger partial charge in [-0.1, -0.05) is 6.07 Å². The Balaban J connectivity index is 1.62. The molecule has 188 valence electrons. The molecule has 0 radical (unpaired) electrons. The summed E-state index contributed by atoms with van der Waals surface area (Å²) in [4.78, 5) is 20.9. The number of benzene rings is 1. The van der Waals surface area contributed by atoms with Gasteiger partial charge in [-0.05, 0) is 61.6 Å². The van der Waals surface area contributed by atoms with Crippen molar-refractivity contribution >= 4 is 47.4 Å². The van der Waals surface area contributed by atoms with Crippen LogP contribution in [0.15, 0.2) is 51.5 Å². The average Bonchev–Trinajstić information content (AvgIpc) is 3.14. The Bertz CT molecular complexity index is 1300. The summed E-state index contributed by atoms with van der Waals surface area (Å²) in [6, 6.07) is 9.51. The van der Waals surface area contributed by atoms with E-state index >= 15 is 0 Å². The van der Waals surface area contributed by atoms with Gasteiger partial charge in [0, 0.05) is 35.8 Å². The Kier molecular flexibility index (Phi) is 8.32. The maximum atomic E-state index is 12.3. The van der Waals surface area contributed by atoms with E-state index in [1.54, 1.807) is 37.2 Å². The van der Waals surface area contributed by atoms with Crippen LogP contribution in [-0.2, 0) is 22.4 Å². The van der Waals surface area contributed by atoms with Crippen molar-refractivity contribution < 1.29 is 23.8 Å². The summed E-state index contributed by atoms with van der Waals surface area (Å²) in [7, 11) is 0. The van der Waals surface area contributed by atoms with Crippen LogP contribution >= 0.6 is 11.8 Å². The molecule has 0 aliphatic carbocycles. The number of carbonyl (C=O) groups excluding carboxylic acids is 1. The molecule has 0 atom stereocenters. The van der Waals surface area contributed by atoms with Crippen molar-refractivity contribution in [1.82, 2.24) is 4.98 Å². The molecule has 4 rings (SSSR count). The first-order chi connectivity index (χ1) is 17.5. The lowest BCUT2D eigenvalue weighted by Gasteiger charge is -2.12. The highest BCUT2D eigenvalue weighted by Crippen LogP contribution is 2.38. The second-order valence-corrected chi connectivity index (χ2v) is 9.17. The molecule has 1 aliphatic rings. The van der Waals surface area contributed by atoms with E-state index in [0.29, 0.717) is 24.4 Å². The van der Waals surface area contributed by atoms with E-state index in [9.17, 15) is 9.90 Å². The van der Waals surface area contributed by atoms with Crippen LogP contribution in [0.5, 0.6) is 11.5 Å². The first-order valence-electron chi connectivity index (χ1n) is 11.7. The fourth-order valence-corrected chi connectivity index (χ4v) is 4.03. The Morgan fingerprint density at radius 2 is 2.19 bits per heavy atom. The number of nitrogens with zero attached hydrogens (tertiary/aromatic N) is 2. The fraction of sp³-hybridized carbons (Fsp3) is 0.296. The molecule has 0 saturated heterocycles. The van der Waals surface area contributed by atoms with Crippen molar-refractivity contribution in [3.63, 3.8) is 0 Å². The number of furan rings is 1. The number of aromatic hydroxyl groups is 1. The number of aliphatic imine (C=N–C) groups is 1. The number of allylic oxidation sites excluding steroid dienone is 1. The van der Waals surface area contributed by atoms with Gasteiger partial charge in [-0.2, -0.15) is 11.8 Å². The van der Waals surface area contributed by atoms with Crippen LogP contribution in [0.1, 0.15) is 29.4 Å². The Hall–Kier alpha value is -3.72. The molecule has 3 heterocycles. The van der Waals surface area contributed by atoms with E-state index in [1.165, 1.54) is 0 Å². The van der Waals surface area contributed by atoms with Crippen LogP contribution in [-0.4, -0.2) is 47.5 Å². The second-order valence-electron chi connectivity index (χ2n) is 8.19. The van der Waals surface area contributed by atoms with Crippen LogP contribution in [0.25, 0.3) is 6.08 Å². The molecule has 0 spiro atoms. The molecule has 3 aromatic rings. The van der Waals surface area contributed by atoms with Gasteiger partial charge >= 0.3 is 5.97 Å².